The Bertz CT molecular complexity index is 489. The number of hydrogen-bond donors (Lipinski definition) is 2. The predicted molar refractivity (Wildman–Crippen MR) is 56.3 cm³/mol. The topological polar surface area (TPSA) is 56.0 Å². The molecule has 1 aliphatic heterocycles. The first-order chi connectivity index (χ1) is 6.63. The van der Waals surface area contributed by atoms with Crippen LogP contribution >= 0.6 is 12.6 Å². The van der Waals surface area contributed by atoms with E-state index in [1.54, 1.807) is 4.57 Å². The molecule has 0 amide bonds. The highest BCUT2D eigenvalue weighted by Gasteiger charge is 2.17. The molecule has 0 saturated carbocycles. The van der Waals surface area contributed by atoms with E-state index in [4.69, 9.17) is 0 Å². The molecule has 0 atom stereocenters. The van der Waals surface area contributed by atoms with Gasteiger partial charge in [0.15, 0.2) is 0 Å². The summed E-state index contributed by atoms with van der Waals surface area (Å²) in [6.07, 6.45) is 0.887. The average Bonchev–Trinajstić information content (AvgIpc) is 2.23. The van der Waals surface area contributed by atoms with E-state index in [1.807, 2.05) is 0 Å². The summed E-state index contributed by atoms with van der Waals surface area (Å²) in [4.78, 5) is 23.4. The molecular weight excluding hydrogens is 202 g/mol. The molecule has 1 aliphatic rings. The average molecular weight is 213 g/mol. The lowest BCUT2D eigenvalue weighted by Crippen LogP contribution is -2.42. The van der Waals surface area contributed by atoms with Crippen molar-refractivity contribution in [3.05, 3.63) is 20.8 Å². The molecule has 0 aliphatic carbocycles. The zero-order valence-corrected chi connectivity index (χ0v) is 8.67. The fourth-order valence-corrected chi connectivity index (χ4v) is 1.93. The summed E-state index contributed by atoms with van der Waals surface area (Å²) in [5.41, 5.74) is -0.631. The summed E-state index contributed by atoms with van der Waals surface area (Å²) < 4.78 is 2.63. The van der Waals surface area contributed by atoms with E-state index in [0.29, 0.717) is 17.3 Å². The number of nitrogens with one attached hydrogen (secondary N) is 1. The van der Waals surface area contributed by atoms with Gasteiger partial charge in [-0.1, -0.05) is 0 Å². The lowest BCUT2D eigenvalue weighted by Gasteiger charge is -2.21. The normalized spacial score (nSPS) is 14.7. The summed E-state index contributed by atoms with van der Waals surface area (Å²) in [5, 5.41) is 3.01. The monoisotopic (exact) mass is 213 g/mol. The Morgan fingerprint density at radius 2 is 2.14 bits per heavy atom. The van der Waals surface area contributed by atoms with E-state index in [2.05, 4.69) is 17.9 Å². The van der Waals surface area contributed by atoms with Gasteiger partial charge in [0.05, 0.1) is 0 Å². The van der Waals surface area contributed by atoms with Gasteiger partial charge in [-0.05, 0) is 6.42 Å². The molecule has 0 radical (unpaired) electrons. The van der Waals surface area contributed by atoms with Crippen LogP contribution in [-0.4, -0.2) is 15.7 Å². The standard InChI is InChI=1S/C8H11N3O2S/c1-10-7(12)5(14)6-9-3-2-4-11(6)8(10)13/h9,14H,2-4H2,1H3. The molecule has 14 heavy (non-hydrogen) atoms. The first-order valence-electron chi connectivity index (χ1n) is 4.39. The Morgan fingerprint density at radius 1 is 1.43 bits per heavy atom. The molecule has 1 aromatic rings. The lowest BCUT2D eigenvalue weighted by molar-refractivity contribution is 0.548. The Labute approximate surface area is 85.8 Å². The second kappa shape index (κ2) is 3.20. The van der Waals surface area contributed by atoms with Crippen molar-refractivity contribution in [1.82, 2.24) is 9.13 Å². The van der Waals surface area contributed by atoms with Crippen LogP contribution in [0.5, 0.6) is 0 Å². The van der Waals surface area contributed by atoms with E-state index in [9.17, 15) is 9.59 Å². The van der Waals surface area contributed by atoms with E-state index < -0.39 is 0 Å². The SMILES string of the molecule is Cn1c(=O)c(S)c2n(c1=O)CCCN2. The third-order valence-electron chi connectivity index (χ3n) is 2.37. The minimum absolute atomic E-state index is 0.282. The van der Waals surface area contributed by atoms with Crippen molar-refractivity contribution in [3.8, 4) is 0 Å². The molecule has 1 N–H and O–H groups in total. The number of aromatic nitrogens is 2. The van der Waals surface area contributed by atoms with Crippen molar-refractivity contribution in [1.29, 1.82) is 0 Å². The lowest BCUT2D eigenvalue weighted by atomic mass is 10.3. The minimum atomic E-state index is -0.348. The van der Waals surface area contributed by atoms with Crippen LogP contribution < -0.4 is 16.6 Å². The molecule has 0 aromatic carbocycles. The summed E-state index contributed by atoms with van der Waals surface area (Å²) in [6, 6.07) is 0. The van der Waals surface area contributed by atoms with Crippen LogP contribution in [0.3, 0.4) is 0 Å². The van der Waals surface area contributed by atoms with Crippen LogP contribution in [0.15, 0.2) is 14.5 Å². The van der Waals surface area contributed by atoms with Crippen molar-refractivity contribution >= 4 is 18.4 Å². The van der Waals surface area contributed by atoms with Gasteiger partial charge < -0.3 is 5.32 Å². The van der Waals surface area contributed by atoms with Gasteiger partial charge in [-0.25, -0.2) is 4.79 Å². The molecule has 0 unspecified atom stereocenters. The second-order valence-corrected chi connectivity index (χ2v) is 3.72. The first-order valence-corrected chi connectivity index (χ1v) is 4.84. The zero-order valence-electron chi connectivity index (χ0n) is 7.78. The van der Waals surface area contributed by atoms with Crippen LogP contribution in [0.25, 0.3) is 0 Å². The van der Waals surface area contributed by atoms with Crippen molar-refractivity contribution in [2.45, 2.75) is 17.9 Å². The van der Waals surface area contributed by atoms with Crippen molar-refractivity contribution in [3.63, 3.8) is 0 Å². The molecule has 0 fully saturated rings. The molecule has 1 aromatic heterocycles. The Morgan fingerprint density at radius 3 is 2.86 bits per heavy atom. The van der Waals surface area contributed by atoms with Crippen molar-refractivity contribution in [2.75, 3.05) is 11.9 Å². The maximum Gasteiger partial charge on any atom is 0.332 e. The largest absolute Gasteiger partial charge is 0.370 e. The number of anilines is 1. The van der Waals surface area contributed by atoms with E-state index in [-0.39, 0.29) is 11.2 Å². The molecule has 0 spiro atoms. The van der Waals surface area contributed by atoms with Gasteiger partial charge in [0.1, 0.15) is 10.7 Å². The van der Waals surface area contributed by atoms with Gasteiger partial charge in [0, 0.05) is 20.1 Å². The molecular formula is C8H11N3O2S. The maximum atomic E-state index is 11.6. The van der Waals surface area contributed by atoms with Gasteiger partial charge in [-0.3, -0.25) is 13.9 Å². The van der Waals surface area contributed by atoms with Gasteiger partial charge in [-0.2, -0.15) is 0 Å². The third-order valence-corrected chi connectivity index (χ3v) is 2.77. The fourth-order valence-electron chi connectivity index (χ4n) is 1.58. The highest BCUT2D eigenvalue weighted by Crippen LogP contribution is 2.16. The summed E-state index contributed by atoms with van der Waals surface area (Å²) >= 11 is 4.11. The Kier molecular flexibility index (Phi) is 2.14. The molecule has 2 heterocycles. The van der Waals surface area contributed by atoms with E-state index >= 15 is 0 Å². The van der Waals surface area contributed by atoms with Gasteiger partial charge in [0.25, 0.3) is 5.56 Å². The van der Waals surface area contributed by atoms with Gasteiger partial charge >= 0.3 is 5.69 Å². The molecule has 0 saturated heterocycles. The second-order valence-electron chi connectivity index (χ2n) is 3.28. The quantitative estimate of drug-likeness (QED) is 0.579. The minimum Gasteiger partial charge on any atom is -0.370 e. The number of rotatable bonds is 0. The number of hydrogen-bond acceptors (Lipinski definition) is 4. The fraction of sp³-hybridized carbons (Fsp3) is 0.500. The van der Waals surface area contributed by atoms with Crippen LogP contribution in [0.4, 0.5) is 5.82 Å². The number of fused-ring (bicyclic) bond motifs is 1. The Balaban J connectivity index is 2.85. The van der Waals surface area contributed by atoms with Gasteiger partial charge in [-0.15, -0.1) is 12.6 Å². The first kappa shape index (κ1) is 9.39. The zero-order chi connectivity index (χ0) is 10.3. The van der Waals surface area contributed by atoms with E-state index in [1.165, 1.54) is 7.05 Å². The van der Waals surface area contributed by atoms with Gasteiger partial charge in [0.2, 0.25) is 0 Å². The third kappa shape index (κ3) is 1.18. The van der Waals surface area contributed by atoms with Crippen molar-refractivity contribution < 1.29 is 0 Å². The summed E-state index contributed by atoms with van der Waals surface area (Å²) in [6.45, 7) is 1.42. The van der Waals surface area contributed by atoms with Crippen LogP contribution in [-0.2, 0) is 13.6 Å². The molecule has 2 rings (SSSR count). The number of nitrogens with zero attached hydrogens (tertiary/aromatic N) is 2. The van der Waals surface area contributed by atoms with Crippen LogP contribution in [0.2, 0.25) is 0 Å². The summed E-state index contributed by atoms with van der Waals surface area (Å²) in [5.74, 6) is 0.549. The smallest absolute Gasteiger partial charge is 0.332 e. The van der Waals surface area contributed by atoms with Crippen LogP contribution in [0, 0.1) is 0 Å². The number of thiol groups is 1. The maximum absolute atomic E-state index is 11.6. The van der Waals surface area contributed by atoms with E-state index in [0.717, 1.165) is 17.5 Å². The predicted octanol–water partition coefficient (Wildman–Crippen LogP) is -0.349. The Hall–Kier alpha value is -1.17. The van der Waals surface area contributed by atoms with Crippen molar-refractivity contribution in [2.24, 2.45) is 7.05 Å². The highest BCUT2D eigenvalue weighted by molar-refractivity contribution is 7.80. The van der Waals surface area contributed by atoms with Crippen LogP contribution in [0.1, 0.15) is 6.42 Å². The molecule has 76 valence electrons. The molecule has 5 nitrogen and oxygen atoms in total. The summed E-state index contributed by atoms with van der Waals surface area (Å²) in [7, 11) is 1.46. The highest BCUT2D eigenvalue weighted by atomic mass is 32.1. The molecule has 0 bridgehead atoms. The molecule has 6 heteroatoms.